The monoisotopic (exact) mass is 726 g/mol. The minimum Gasteiger partial charge on any atom is -0.456 e. The highest BCUT2D eigenvalue weighted by Crippen LogP contribution is 2.45. The van der Waals surface area contributed by atoms with E-state index in [1.165, 1.54) is 60.3 Å². The molecular weight excluding hydrogens is 697 g/mol. The summed E-state index contributed by atoms with van der Waals surface area (Å²) >= 11 is 0. The first-order valence-corrected chi connectivity index (χ1v) is 19.4. The topological polar surface area (TPSA) is 39.4 Å². The van der Waals surface area contributed by atoms with Crippen LogP contribution in [0.5, 0.6) is 0 Å². The fraction of sp³-hybridized carbons (Fsp3) is 0. The SMILES string of the molecule is c1ccc2c(c1)oc1ccc(-c3c4ccccc4c(-c4ccc(-c5ccc6cc7oc8cc9c(cc8c7cc6c5)oc5ccccc59)cc4)c4ccccc34)cc12. The van der Waals surface area contributed by atoms with Gasteiger partial charge < -0.3 is 13.3 Å². The predicted molar refractivity (Wildman–Crippen MR) is 237 cm³/mol. The smallest absolute Gasteiger partial charge is 0.136 e. The molecule has 3 aromatic heterocycles. The van der Waals surface area contributed by atoms with Crippen LogP contribution in [0.15, 0.2) is 195 Å². The summed E-state index contributed by atoms with van der Waals surface area (Å²) in [6, 6.07) is 65.2. The first kappa shape index (κ1) is 30.7. The van der Waals surface area contributed by atoms with Gasteiger partial charge in [-0.1, -0.05) is 127 Å². The minimum atomic E-state index is 0.871. The molecule has 264 valence electrons. The largest absolute Gasteiger partial charge is 0.456 e. The van der Waals surface area contributed by atoms with Gasteiger partial charge in [0.15, 0.2) is 0 Å². The molecule has 0 amide bonds. The summed E-state index contributed by atoms with van der Waals surface area (Å²) in [5.41, 5.74) is 12.6. The Balaban J connectivity index is 0.928. The standard InChI is InChI=1S/C54H30O3/c1-3-13-41-39(11-1)53(40-12-2-4-14-42(40)54(41)35-23-24-49-43(26-35)37-9-5-7-15-47(37)55-49)32-19-17-31(18-20-32)33-21-22-34-28-50-44(27-36(34)25-33)46-30-51-45(29-52(46)57-50)38-10-6-8-16-48(38)56-51/h1-30H. The third kappa shape index (κ3) is 4.48. The molecule has 0 radical (unpaired) electrons. The van der Waals surface area contributed by atoms with Gasteiger partial charge in [0.25, 0.3) is 0 Å². The Hall–Kier alpha value is -7.62. The van der Waals surface area contributed by atoms with Gasteiger partial charge in [-0.05, 0) is 120 Å². The Kier molecular flexibility index (Phi) is 6.16. The molecule has 0 fully saturated rings. The van der Waals surface area contributed by atoms with E-state index in [0.717, 1.165) is 71.2 Å². The Bertz CT molecular complexity index is 3740. The number of rotatable bonds is 3. The Morgan fingerprint density at radius 1 is 0.211 bits per heavy atom. The van der Waals surface area contributed by atoms with E-state index >= 15 is 0 Å². The van der Waals surface area contributed by atoms with Crippen LogP contribution in [0.3, 0.4) is 0 Å². The normalized spacial score (nSPS) is 12.2. The first-order valence-electron chi connectivity index (χ1n) is 19.4. The number of para-hydroxylation sites is 2. The van der Waals surface area contributed by atoms with Gasteiger partial charge in [-0.25, -0.2) is 0 Å². The summed E-state index contributed by atoms with van der Waals surface area (Å²) in [7, 11) is 0. The molecule has 13 aromatic rings. The van der Waals surface area contributed by atoms with E-state index in [0.29, 0.717) is 0 Å². The van der Waals surface area contributed by atoms with Gasteiger partial charge >= 0.3 is 0 Å². The summed E-state index contributed by atoms with van der Waals surface area (Å²) < 4.78 is 18.9. The molecule has 0 spiro atoms. The van der Waals surface area contributed by atoms with Gasteiger partial charge in [0.2, 0.25) is 0 Å². The van der Waals surface area contributed by atoms with Crippen LogP contribution in [0, 0.1) is 0 Å². The molecule has 13 rings (SSSR count). The lowest BCUT2D eigenvalue weighted by atomic mass is 9.85. The molecule has 0 aliphatic rings. The number of benzene rings is 10. The maximum atomic E-state index is 6.43. The molecule has 0 N–H and O–H groups in total. The third-order valence-electron chi connectivity index (χ3n) is 12.0. The second kappa shape index (κ2) is 11.5. The average Bonchev–Trinajstić information content (AvgIpc) is 3.94. The van der Waals surface area contributed by atoms with Crippen molar-refractivity contribution in [2.45, 2.75) is 0 Å². The number of fused-ring (bicyclic) bond motifs is 12. The lowest BCUT2D eigenvalue weighted by Crippen LogP contribution is -1.91. The molecule has 3 nitrogen and oxygen atoms in total. The average molecular weight is 727 g/mol. The number of hydrogen-bond acceptors (Lipinski definition) is 3. The van der Waals surface area contributed by atoms with Crippen molar-refractivity contribution < 1.29 is 13.3 Å². The number of hydrogen-bond donors (Lipinski definition) is 0. The van der Waals surface area contributed by atoms with Gasteiger partial charge in [0, 0.05) is 32.3 Å². The van der Waals surface area contributed by atoms with Crippen LogP contribution in [-0.2, 0) is 0 Å². The molecule has 0 aliphatic heterocycles. The maximum absolute atomic E-state index is 6.43. The van der Waals surface area contributed by atoms with Crippen molar-refractivity contribution in [3.8, 4) is 33.4 Å². The molecule has 0 saturated heterocycles. The van der Waals surface area contributed by atoms with E-state index in [1.807, 2.05) is 30.3 Å². The second-order valence-corrected chi connectivity index (χ2v) is 15.2. The molecule has 3 heterocycles. The number of furan rings is 3. The van der Waals surface area contributed by atoms with Crippen molar-refractivity contribution in [2.24, 2.45) is 0 Å². The van der Waals surface area contributed by atoms with Gasteiger partial charge in [-0.3, -0.25) is 0 Å². The highest BCUT2D eigenvalue weighted by molar-refractivity contribution is 6.22. The van der Waals surface area contributed by atoms with Crippen LogP contribution >= 0.6 is 0 Å². The molecule has 0 saturated carbocycles. The fourth-order valence-electron chi connectivity index (χ4n) is 9.38. The van der Waals surface area contributed by atoms with Gasteiger partial charge in [-0.2, -0.15) is 0 Å². The summed E-state index contributed by atoms with van der Waals surface area (Å²) in [5.74, 6) is 0. The first-order chi connectivity index (χ1) is 28.2. The van der Waals surface area contributed by atoms with E-state index in [4.69, 9.17) is 13.3 Å². The lowest BCUT2D eigenvalue weighted by Gasteiger charge is -2.18. The van der Waals surface area contributed by atoms with Crippen molar-refractivity contribution in [3.05, 3.63) is 182 Å². The van der Waals surface area contributed by atoms with Gasteiger partial charge in [0.05, 0.1) is 0 Å². The molecule has 0 atom stereocenters. The maximum Gasteiger partial charge on any atom is 0.136 e. The zero-order valence-electron chi connectivity index (χ0n) is 30.5. The fourth-order valence-corrected chi connectivity index (χ4v) is 9.38. The van der Waals surface area contributed by atoms with E-state index in [-0.39, 0.29) is 0 Å². The van der Waals surface area contributed by atoms with Crippen LogP contribution in [-0.4, -0.2) is 0 Å². The zero-order chi connectivity index (χ0) is 37.2. The van der Waals surface area contributed by atoms with Gasteiger partial charge in [0.1, 0.15) is 33.5 Å². The summed E-state index contributed by atoms with van der Waals surface area (Å²) in [6.07, 6.45) is 0. The quantitative estimate of drug-likeness (QED) is 0.170. The summed E-state index contributed by atoms with van der Waals surface area (Å²) in [6.45, 7) is 0. The second-order valence-electron chi connectivity index (χ2n) is 15.2. The molecule has 0 bridgehead atoms. The molecule has 3 heteroatoms. The molecule has 57 heavy (non-hydrogen) atoms. The molecular formula is C54H30O3. The van der Waals surface area contributed by atoms with E-state index in [2.05, 4.69) is 152 Å². The van der Waals surface area contributed by atoms with Crippen LogP contribution in [0.1, 0.15) is 0 Å². The highest BCUT2D eigenvalue weighted by Gasteiger charge is 2.19. The predicted octanol–water partition coefficient (Wildman–Crippen LogP) is 15.8. The van der Waals surface area contributed by atoms with Crippen molar-refractivity contribution in [1.29, 1.82) is 0 Å². The Morgan fingerprint density at radius 2 is 0.632 bits per heavy atom. The van der Waals surface area contributed by atoms with Gasteiger partial charge in [-0.15, -0.1) is 0 Å². The molecule has 10 aromatic carbocycles. The van der Waals surface area contributed by atoms with Crippen LogP contribution in [0.2, 0.25) is 0 Å². The zero-order valence-corrected chi connectivity index (χ0v) is 30.5. The molecule has 0 aliphatic carbocycles. The van der Waals surface area contributed by atoms with Crippen LogP contribution in [0.4, 0.5) is 0 Å². The minimum absolute atomic E-state index is 0.871. The Morgan fingerprint density at radius 3 is 1.28 bits per heavy atom. The van der Waals surface area contributed by atoms with Crippen LogP contribution < -0.4 is 0 Å². The van der Waals surface area contributed by atoms with Crippen LogP contribution in [0.25, 0.3) is 132 Å². The van der Waals surface area contributed by atoms with E-state index < -0.39 is 0 Å². The van der Waals surface area contributed by atoms with E-state index in [9.17, 15) is 0 Å². The summed E-state index contributed by atoms with van der Waals surface area (Å²) in [4.78, 5) is 0. The van der Waals surface area contributed by atoms with Crippen molar-refractivity contribution in [2.75, 3.05) is 0 Å². The highest BCUT2D eigenvalue weighted by atomic mass is 16.3. The van der Waals surface area contributed by atoms with Crippen molar-refractivity contribution in [3.63, 3.8) is 0 Å². The molecule has 0 unspecified atom stereocenters. The van der Waals surface area contributed by atoms with Crippen molar-refractivity contribution in [1.82, 2.24) is 0 Å². The van der Waals surface area contributed by atoms with Crippen molar-refractivity contribution >= 4 is 98.1 Å². The van der Waals surface area contributed by atoms with E-state index in [1.54, 1.807) is 0 Å². The third-order valence-corrected chi connectivity index (χ3v) is 12.0. The summed E-state index contributed by atoms with van der Waals surface area (Å²) in [5, 5.41) is 13.9. The Labute approximate surface area is 325 Å². The lowest BCUT2D eigenvalue weighted by molar-refractivity contribution is 0.664.